The Morgan fingerprint density at radius 2 is 1.95 bits per heavy atom. The average molecular weight is 299 g/mol. The number of aliphatic carboxylic acids is 1. The van der Waals surface area contributed by atoms with Gasteiger partial charge in [0.15, 0.2) is 0 Å². The number of hydrogen-bond donors (Lipinski definition) is 2. The van der Waals surface area contributed by atoms with Crippen molar-refractivity contribution in [2.75, 3.05) is 26.2 Å². The number of rotatable bonds is 7. The number of nitrogens with zero attached hydrogens (tertiary/aromatic N) is 2. The lowest BCUT2D eigenvalue weighted by molar-refractivity contribution is -0.137. The van der Waals surface area contributed by atoms with Crippen LogP contribution < -0.4 is 5.32 Å². The number of hydrogen-bond acceptors (Lipinski definition) is 3. The molecule has 0 aromatic heterocycles. The maximum Gasteiger partial charge on any atom is 0.317 e. The monoisotopic (exact) mass is 299 g/mol. The number of carbonyl (C=O) groups is 2. The zero-order chi connectivity index (χ0) is 16.0. The standard InChI is InChI=1S/C15H29N3O3/c1-5-17(6-2)12-7-8-18(10-12)15(21)16-13(11(3)4)9-14(19)20/h11-13H,5-10H2,1-4H3,(H,16,21)(H,19,20). The predicted molar refractivity (Wildman–Crippen MR) is 82.3 cm³/mol. The fourth-order valence-corrected chi connectivity index (χ4v) is 2.86. The molecule has 0 aromatic carbocycles. The molecule has 0 aliphatic carbocycles. The zero-order valence-corrected chi connectivity index (χ0v) is 13.6. The molecule has 0 radical (unpaired) electrons. The molecule has 0 saturated carbocycles. The van der Waals surface area contributed by atoms with Gasteiger partial charge >= 0.3 is 12.0 Å². The van der Waals surface area contributed by atoms with Gasteiger partial charge in [-0.3, -0.25) is 9.69 Å². The molecule has 2 unspecified atom stereocenters. The number of carboxylic acids is 1. The van der Waals surface area contributed by atoms with E-state index >= 15 is 0 Å². The topological polar surface area (TPSA) is 72.9 Å². The normalized spacial score (nSPS) is 20.1. The van der Waals surface area contributed by atoms with Crippen LogP contribution in [0.1, 0.15) is 40.5 Å². The molecule has 1 saturated heterocycles. The minimum atomic E-state index is -0.878. The molecule has 21 heavy (non-hydrogen) atoms. The molecule has 0 spiro atoms. The van der Waals surface area contributed by atoms with E-state index in [0.29, 0.717) is 6.04 Å². The summed E-state index contributed by atoms with van der Waals surface area (Å²) in [6.07, 6.45) is 0.955. The summed E-state index contributed by atoms with van der Waals surface area (Å²) in [4.78, 5) is 27.3. The van der Waals surface area contributed by atoms with Crippen LogP contribution in [0.4, 0.5) is 4.79 Å². The molecular formula is C15H29N3O3. The fraction of sp³-hybridized carbons (Fsp3) is 0.867. The van der Waals surface area contributed by atoms with Crippen molar-refractivity contribution in [1.29, 1.82) is 0 Å². The van der Waals surface area contributed by atoms with E-state index in [0.717, 1.165) is 32.6 Å². The van der Waals surface area contributed by atoms with Crippen LogP contribution in [0.5, 0.6) is 0 Å². The minimum Gasteiger partial charge on any atom is -0.481 e. The second-order valence-corrected chi connectivity index (χ2v) is 6.01. The molecule has 1 fully saturated rings. The van der Waals surface area contributed by atoms with E-state index in [9.17, 15) is 9.59 Å². The third-order valence-electron chi connectivity index (χ3n) is 4.29. The second-order valence-electron chi connectivity index (χ2n) is 6.01. The molecule has 6 heteroatoms. The van der Waals surface area contributed by atoms with Crippen LogP contribution in [0.15, 0.2) is 0 Å². The molecule has 2 N–H and O–H groups in total. The van der Waals surface area contributed by atoms with Crippen molar-refractivity contribution in [3.8, 4) is 0 Å². The van der Waals surface area contributed by atoms with E-state index in [2.05, 4.69) is 24.1 Å². The molecule has 6 nitrogen and oxygen atoms in total. The molecular weight excluding hydrogens is 270 g/mol. The van der Waals surface area contributed by atoms with Crippen molar-refractivity contribution in [2.24, 2.45) is 5.92 Å². The van der Waals surface area contributed by atoms with E-state index in [-0.39, 0.29) is 24.4 Å². The van der Waals surface area contributed by atoms with Gasteiger partial charge in [-0.15, -0.1) is 0 Å². The fourth-order valence-electron chi connectivity index (χ4n) is 2.86. The van der Waals surface area contributed by atoms with Crippen LogP contribution in [-0.4, -0.2) is 65.2 Å². The Bertz CT molecular complexity index is 356. The van der Waals surface area contributed by atoms with Crippen molar-refractivity contribution in [1.82, 2.24) is 15.1 Å². The number of likely N-dealkylation sites (tertiary alicyclic amines) is 1. The lowest BCUT2D eigenvalue weighted by atomic mass is 10.0. The Labute approximate surface area is 127 Å². The SMILES string of the molecule is CCN(CC)C1CCN(C(=O)NC(CC(=O)O)C(C)C)C1. The highest BCUT2D eigenvalue weighted by atomic mass is 16.4. The molecule has 0 bridgehead atoms. The first-order chi connectivity index (χ1) is 9.88. The Morgan fingerprint density at radius 3 is 2.43 bits per heavy atom. The highest BCUT2D eigenvalue weighted by Crippen LogP contribution is 2.16. The summed E-state index contributed by atoms with van der Waals surface area (Å²) < 4.78 is 0. The van der Waals surface area contributed by atoms with Gasteiger partial charge in [-0.05, 0) is 25.4 Å². The molecule has 1 aliphatic rings. The molecule has 122 valence electrons. The largest absolute Gasteiger partial charge is 0.481 e. The van der Waals surface area contributed by atoms with Gasteiger partial charge in [-0.1, -0.05) is 27.7 Å². The van der Waals surface area contributed by atoms with E-state index in [1.54, 1.807) is 4.90 Å². The summed E-state index contributed by atoms with van der Waals surface area (Å²) >= 11 is 0. The average Bonchev–Trinajstić information content (AvgIpc) is 2.88. The first kappa shape index (κ1) is 17.8. The van der Waals surface area contributed by atoms with Gasteiger partial charge in [-0.2, -0.15) is 0 Å². The zero-order valence-electron chi connectivity index (χ0n) is 13.6. The molecule has 2 atom stereocenters. The summed E-state index contributed by atoms with van der Waals surface area (Å²) in [5.74, 6) is -0.775. The number of urea groups is 1. The van der Waals surface area contributed by atoms with Crippen LogP contribution in [0.2, 0.25) is 0 Å². The lowest BCUT2D eigenvalue weighted by Gasteiger charge is -2.27. The summed E-state index contributed by atoms with van der Waals surface area (Å²) in [5.41, 5.74) is 0. The van der Waals surface area contributed by atoms with Gasteiger partial charge in [0.25, 0.3) is 0 Å². The third kappa shape index (κ3) is 5.19. The number of amides is 2. The Morgan fingerprint density at radius 1 is 1.33 bits per heavy atom. The van der Waals surface area contributed by atoms with Gasteiger partial charge in [0, 0.05) is 25.2 Å². The van der Waals surface area contributed by atoms with Crippen LogP contribution >= 0.6 is 0 Å². The highest BCUT2D eigenvalue weighted by molar-refractivity contribution is 5.76. The van der Waals surface area contributed by atoms with Gasteiger partial charge in [-0.25, -0.2) is 4.79 Å². The van der Waals surface area contributed by atoms with Crippen molar-refractivity contribution < 1.29 is 14.7 Å². The van der Waals surface area contributed by atoms with Crippen LogP contribution in [0, 0.1) is 5.92 Å². The molecule has 1 heterocycles. The summed E-state index contributed by atoms with van der Waals surface area (Å²) in [5, 5.41) is 11.8. The van der Waals surface area contributed by atoms with E-state index in [4.69, 9.17) is 5.11 Å². The summed E-state index contributed by atoms with van der Waals surface area (Å²) in [6, 6.07) is -0.0326. The molecule has 2 amide bonds. The van der Waals surface area contributed by atoms with Crippen molar-refractivity contribution >= 4 is 12.0 Å². The first-order valence-electron chi connectivity index (χ1n) is 7.90. The summed E-state index contributed by atoms with van der Waals surface area (Å²) in [6.45, 7) is 11.6. The predicted octanol–water partition coefficient (Wildman–Crippen LogP) is 1.61. The number of likely N-dealkylation sites (N-methyl/N-ethyl adjacent to an activating group) is 1. The van der Waals surface area contributed by atoms with E-state index in [1.165, 1.54) is 0 Å². The van der Waals surface area contributed by atoms with Crippen molar-refractivity contribution in [2.45, 2.75) is 52.6 Å². The Hall–Kier alpha value is -1.30. The van der Waals surface area contributed by atoms with Gasteiger partial charge in [0.05, 0.1) is 6.42 Å². The number of carboxylic acid groups (broad SMARTS) is 1. The number of carbonyl (C=O) groups excluding carboxylic acids is 1. The van der Waals surface area contributed by atoms with Crippen LogP contribution in [-0.2, 0) is 4.79 Å². The van der Waals surface area contributed by atoms with Gasteiger partial charge in [0.2, 0.25) is 0 Å². The third-order valence-corrected chi connectivity index (χ3v) is 4.29. The smallest absolute Gasteiger partial charge is 0.317 e. The maximum absolute atomic E-state index is 12.3. The maximum atomic E-state index is 12.3. The highest BCUT2D eigenvalue weighted by Gasteiger charge is 2.30. The number of nitrogens with one attached hydrogen (secondary N) is 1. The van der Waals surface area contributed by atoms with Crippen molar-refractivity contribution in [3.05, 3.63) is 0 Å². The quantitative estimate of drug-likeness (QED) is 0.749. The second kappa shape index (κ2) is 8.22. The first-order valence-corrected chi connectivity index (χ1v) is 7.90. The van der Waals surface area contributed by atoms with Crippen LogP contribution in [0.25, 0.3) is 0 Å². The lowest BCUT2D eigenvalue weighted by Crippen LogP contribution is -2.47. The molecule has 1 rings (SSSR count). The summed E-state index contributed by atoms with van der Waals surface area (Å²) in [7, 11) is 0. The minimum absolute atomic E-state index is 0.0310. The van der Waals surface area contributed by atoms with Crippen molar-refractivity contribution in [3.63, 3.8) is 0 Å². The molecule has 0 aromatic rings. The van der Waals surface area contributed by atoms with Gasteiger partial charge in [0.1, 0.15) is 0 Å². The van der Waals surface area contributed by atoms with Crippen LogP contribution in [0.3, 0.4) is 0 Å². The van der Waals surface area contributed by atoms with E-state index in [1.807, 2.05) is 13.8 Å². The Balaban J connectivity index is 2.54. The Kier molecular flexibility index (Phi) is 6.95. The van der Waals surface area contributed by atoms with Gasteiger partial charge < -0.3 is 15.3 Å². The molecule has 1 aliphatic heterocycles. The van der Waals surface area contributed by atoms with E-state index < -0.39 is 5.97 Å².